The summed E-state index contributed by atoms with van der Waals surface area (Å²) in [5.41, 5.74) is 0.384. The van der Waals surface area contributed by atoms with Crippen molar-refractivity contribution in [1.29, 1.82) is 0 Å². The molecule has 10 heteroatoms. The van der Waals surface area contributed by atoms with Crippen LogP contribution in [-0.2, 0) is 0 Å². The van der Waals surface area contributed by atoms with E-state index in [1.54, 1.807) is 0 Å². The predicted molar refractivity (Wildman–Crippen MR) is 95.7 cm³/mol. The highest BCUT2D eigenvalue weighted by molar-refractivity contribution is 8.76. The van der Waals surface area contributed by atoms with E-state index in [0.29, 0.717) is 10.8 Å². The first-order valence-electron chi connectivity index (χ1n) is 6.99. The van der Waals surface area contributed by atoms with Crippen molar-refractivity contribution in [2.24, 2.45) is 0 Å². The van der Waals surface area contributed by atoms with Crippen molar-refractivity contribution < 1.29 is 9.72 Å². The molecule has 0 aliphatic rings. The average molecular weight is 373 g/mol. The van der Waals surface area contributed by atoms with E-state index in [1.165, 1.54) is 52.2 Å². The number of hydrogen-bond donors (Lipinski definition) is 1. The van der Waals surface area contributed by atoms with Crippen LogP contribution < -0.4 is 5.32 Å². The lowest BCUT2D eigenvalue weighted by Gasteiger charge is -2.03. The van der Waals surface area contributed by atoms with Crippen molar-refractivity contribution in [3.05, 3.63) is 71.0 Å². The number of non-ortho nitro benzene ring substituents is 1. The number of carbonyl (C=O) groups excluding carboxylic acids is 1. The molecule has 1 amide bonds. The first kappa shape index (κ1) is 17.0. The van der Waals surface area contributed by atoms with Gasteiger partial charge in [0.25, 0.3) is 5.69 Å². The highest BCUT2D eigenvalue weighted by atomic mass is 33.1. The molecule has 3 aromatic rings. The van der Waals surface area contributed by atoms with Crippen LogP contribution >= 0.6 is 21.6 Å². The summed E-state index contributed by atoms with van der Waals surface area (Å²) < 4.78 is 1.08. The van der Waals surface area contributed by atoms with Gasteiger partial charge in [0.2, 0.25) is 5.16 Å². The molecule has 0 spiro atoms. The fourth-order valence-electron chi connectivity index (χ4n) is 1.79. The monoisotopic (exact) mass is 373 g/mol. The second kappa shape index (κ2) is 7.81. The maximum absolute atomic E-state index is 12.1. The molecule has 0 aliphatic carbocycles. The number of nitrogens with one attached hydrogen (secondary N) is 1. The second-order valence-corrected chi connectivity index (χ2v) is 6.86. The third-order valence-corrected chi connectivity index (χ3v) is 5.12. The summed E-state index contributed by atoms with van der Waals surface area (Å²) in [5, 5.41) is 17.8. The number of aromatic nitrogens is 3. The highest BCUT2D eigenvalue weighted by Crippen LogP contribution is 2.34. The van der Waals surface area contributed by atoms with E-state index in [9.17, 15) is 14.9 Å². The summed E-state index contributed by atoms with van der Waals surface area (Å²) in [6.45, 7) is 0. The van der Waals surface area contributed by atoms with E-state index in [2.05, 4.69) is 15.4 Å². The predicted octanol–water partition coefficient (Wildman–Crippen LogP) is 4.07. The van der Waals surface area contributed by atoms with Gasteiger partial charge in [-0.1, -0.05) is 18.2 Å². The lowest BCUT2D eigenvalue weighted by molar-refractivity contribution is -0.384. The molecule has 0 aliphatic heterocycles. The Kier molecular flexibility index (Phi) is 5.31. The molecule has 25 heavy (non-hydrogen) atoms. The van der Waals surface area contributed by atoms with E-state index >= 15 is 0 Å². The van der Waals surface area contributed by atoms with Crippen molar-refractivity contribution in [3.8, 4) is 0 Å². The summed E-state index contributed by atoms with van der Waals surface area (Å²) in [7, 11) is 2.83. The minimum absolute atomic E-state index is 0.0459. The van der Waals surface area contributed by atoms with Gasteiger partial charge in [0.1, 0.15) is 6.33 Å². The largest absolute Gasteiger partial charge is 0.348 e. The number of nitro groups is 1. The number of hydrogen-bond acceptors (Lipinski definition) is 7. The Labute approximate surface area is 150 Å². The highest BCUT2D eigenvalue weighted by Gasteiger charge is 2.11. The minimum Gasteiger partial charge on any atom is -0.306 e. The zero-order chi connectivity index (χ0) is 17.6. The summed E-state index contributed by atoms with van der Waals surface area (Å²) >= 11 is 0. The Bertz CT molecular complexity index is 884. The molecule has 126 valence electrons. The van der Waals surface area contributed by atoms with E-state index in [0.717, 1.165) is 9.58 Å². The fourth-order valence-corrected chi connectivity index (χ4v) is 3.52. The Morgan fingerprint density at radius 2 is 1.80 bits per heavy atom. The van der Waals surface area contributed by atoms with Crippen LogP contribution in [0.1, 0.15) is 0 Å². The molecular formula is C15H11N5O3S2. The van der Waals surface area contributed by atoms with Crippen LogP contribution in [0.2, 0.25) is 0 Å². The van der Waals surface area contributed by atoms with E-state index < -0.39 is 11.0 Å². The summed E-state index contributed by atoms with van der Waals surface area (Å²) in [5.74, 6) is 0. The zero-order valence-electron chi connectivity index (χ0n) is 12.6. The minimum atomic E-state index is -0.503. The molecule has 0 unspecified atom stereocenters. The number of amides is 1. The molecule has 0 fully saturated rings. The molecule has 0 saturated heterocycles. The topological polar surface area (TPSA) is 103 Å². The van der Waals surface area contributed by atoms with Crippen LogP contribution in [0, 0.1) is 10.1 Å². The van der Waals surface area contributed by atoms with Gasteiger partial charge in [-0.25, -0.2) is 9.78 Å². The van der Waals surface area contributed by atoms with Crippen LogP contribution in [-0.4, -0.2) is 25.7 Å². The van der Waals surface area contributed by atoms with Crippen molar-refractivity contribution in [2.75, 3.05) is 5.32 Å². The van der Waals surface area contributed by atoms with Crippen molar-refractivity contribution >= 4 is 39.0 Å². The Balaban J connectivity index is 1.59. The third kappa shape index (κ3) is 4.58. The normalized spacial score (nSPS) is 10.4. The van der Waals surface area contributed by atoms with Crippen molar-refractivity contribution in [3.63, 3.8) is 0 Å². The maximum atomic E-state index is 12.1. The van der Waals surface area contributed by atoms with Crippen LogP contribution in [0.15, 0.2) is 71.0 Å². The summed E-state index contributed by atoms with van der Waals surface area (Å²) in [4.78, 5) is 27.4. The zero-order valence-corrected chi connectivity index (χ0v) is 14.2. The SMILES string of the molecule is O=C(Nc1ccc([N+](=O)[O-])cc1)n1cnc(SSc2ccccc2)n1. The van der Waals surface area contributed by atoms with Gasteiger partial charge < -0.3 is 5.32 Å². The first-order valence-corrected chi connectivity index (χ1v) is 9.14. The molecule has 0 bridgehead atoms. The van der Waals surface area contributed by atoms with Gasteiger partial charge in [-0.05, 0) is 45.9 Å². The van der Waals surface area contributed by atoms with E-state index in [-0.39, 0.29) is 5.69 Å². The molecule has 1 N–H and O–H groups in total. The number of anilines is 1. The third-order valence-electron chi connectivity index (χ3n) is 2.96. The van der Waals surface area contributed by atoms with Gasteiger partial charge in [0.05, 0.1) is 4.92 Å². The summed E-state index contributed by atoms with van der Waals surface area (Å²) in [6, 6.07) is 14.8. The Morgan fingerprint density at radius 1 is 1.08 bits per heavy atom. The molecule has 1 aromatic heterocycles. The van der Waals surface area contributed by atoms with E-state index in [4.69, 9.17) is 0 Å². The molecular weight excluding hydrogens is 362 g/mol. The average Bonchev–Trinajstić information content (AvgIpc) is 3.10. The lowest BCUT2D eigenvalue weighted by atomic mass is 10.3. The quantitative estimate of drug-likeness (QED) is 0.408. The van der Waals surface area contributed by atoms with Gasteiger partial charge in [0, 0.05) is 22.7 Å². The number of benzene rings is 2. The van der Waals surface area contributed by atoms with Crippen molar-refractivity contribution in [2.45, 2.75) is 10.1 Å². The van der Waals surface area contributed by atoms with Crippen LogP contribution in [0.4, 0.5) is 16.2 Å². The molecule has 0 atom stereocenters. The molecule has 3 rings (SSSR count). The smallest absolute Gasteiger partial charge is 0.306 e. The number of carbonyl (C=O) groups is 1. The standard InChI is InChI=1S/C15H11N5O3S2/c21-15(17-11-6-8-12(9-7-11)20(22)23)19-10-16-14(18-19)25-24-13-4-2-1-3-5-13/h1-10H,(H,17,21). The van der Waals surface area contributed by atoms with Gasteiger partial charge in [0.15, 0.2) is 0 Å². The number of rotatable bonds is 5. The Hall–Kier alpha value is -2.85. The second-order valence-electron chi connectivity index (χ2n) is 4.69. The lowest BCUT2D eigenvalue weighted by Crippen LogP contribution is -2.19. The molecule has 0 radical (unpaired) electrons. The van der Waals surface area contributed by atoms with Crippen molar-refractivity contribution in [1.82, 2.24) is 14.8 Å². The number of nitro benzene ring substituents is 1. The van der Waals surface area contributed by atoms with Gasteiger partial charge in [-0.15, -0.1) is 5.10 Å². The van der Waals surface area contributed by atoms with Gasteiger partial charge in [-0.3, -0.25) is 10.1 Å². The molecule has 0 saturated carbocycles. The molecule has 8 nitrogen and oxygen atoms in total. The molecule has 2 aromatic carbocycles. The fraction of sp³-hybridized carbons (Fsp3) is 0. The van der Waals surface area contributed by atoms with Crippen LogP contribution in [0.3, 0.4) is 0 Å². The molecule has 1 heterocycles. The Morgan fingerprint density at radius 3 is 2.48 bits per heavy atom. The summed E-state index contributed by atoms with van der Waals surface area (Å²) in [6.07, 6.45) is 1.31. The first-order chi connectivity index (χ1) is 12.1. The number of nitrogens with zero attached hydrogens (tertiary/aromatic N) is 4. The van der Waals surface area contributed by atoms with Gasteiger partial charge >= 0.3 is 6.03 Å². The van der Waals surface area contributed by atoms with E-state index in [1.807, 2.05) is 30.3 Å². The maximum Gasteiger partial charge on any atom is 0.348 e. The van der Waals surface area contributed by atoms with Crippen LogP contribution in [0.25, 0.3) is 0 Å². The van der Waals surface area contributed by atoms with Gasteiger partial charge in [-0.2, -0.15) is 4.68 Å². The van der Waals surface area contributed by atoms with Crippen LogP contribution in [0.5, 0.6) is 0 Å².